The molecule has 29 heavy (non-hydrogen) atoms. The molecule has 0 radical (unpaired) electrons. The molecular weight excluding hydrogens is 382 g/mol. The summed E-state index contributed by atoms with van der Waals surface area (Å²) >= 11 is 5.99. The number of rotatable bonds is 8. The maximum Gasteiger partial charge on any atom is 0.134 e. The molecule has 0 saturated carbocycles. The number of phenols is 1. The molecule has 4 nitrogen and oxygen atoms in total. The Hall–Kier alpha value is -2.43. The number of phenolic OH excluding ortho intramolecular Hbond substituents is 1. The molecule has 0 aliphatic heterocycles. The molecule has 0 aliphatic rings. The van der Waals surface area contributed by atoms with Gasteiger partial charge in [-0.3, -0.25) is 0 Å². The lowest BCUT2D eigenvalue weighted by Gasteiger charge is -2.12. The molecule has 3 aromatic carbocycles. The van der Waals surface area contributed by atoms with Crippen LogP contribution in [-0.2, 0) is 13.1 Å². The zero-order chi connectivity index (χ0) is 20.8. The average molecular weight is 410 g/mol. The molecule has 0 fully saturated rings. The van der Waals surface area contributed by atoms with Crippen LogP contribution in [0, 0.1) is 5.92 Å². The SMILES string of the molecule is CC(C)CNCc1ccc(CN=NC(C)c2ccc(O)c(Cl)c2)c2ccccc12. The highest BCUT2D eigenvalue weighted by atomic mass is 35.5. The highest BCUT2D eigenvalue weighted by Crippen LogP contribution is 2.28. The second kappa shape index (κ2) is 9.86. The zero-order valence-electron chi connectivity index (χ0n) is 17.2. The van der Waals surface area contributed by atoms with Crippen molar-refractivity contribution in [3.63, 3.8) is 0 Å². The number of azo groups is 1. The molecule has 3 rings (SSSR count). The fraction of sp³-hybridized carbons (Fsp3) is 0.333. The number of hydrogen-bond donors (Lipinski definition) is 2. The van der Waals surface area contributed by atoms with E-state index in [4.69, 9.17) is 11.6 Å². The number of benzene rings is 3. The minimum Gasteiger partial charge on any atom is -0.506 e. The third-order valence-electron chi connectivity index (χ3n) is 4.92. The summed E-state index contributed by atoms with van der Waals surface area (Å²) < 4.78 is 0. The molecule has 1 atom stereocenters. The van der Waals surface area contributed by atoms with Gasteiger partial charge in [0, 0.05) is 6.54 Å². The molecule has 2 N–H and O–H groups in total. The van der Waals surface area contributed by atoms with E-state index in [9.17, 15) is 5.11 Å². The molecule has 0 saturated heterocycles. The second-order valence-electron chi connectivity index (χ2n) is 7.76. The minimum atomic E-state index is -0.126. The molecule has 0 aliphatic carbocycles. The van der Waals surface area contributed by atoms with E-state index in [2.05, 4.69) is 65.8 Å². The van der Waals surface area contributed by atoms with Gasteiger partial charge in [0.1, 0.15) is 5.75 Å². The molecule has 5 heteroatoms. The maximum atomic E-state index is 9.56. The number of hydrogen-bond acceptors (Lipinski definition) is 4. The Balaban J connectivity index is 1.74. The summed E-state index contributed by atoms with van der Waals surface area (Å²) in [6.07, 6.45) is 0. The van der Waals surface area contributed by atoms with Gasteiger partial charge in [-0.2, -0.15) is 10.2 Å². The smallest absolute Gasteiger partial charge is 0.134 e. The Morgan fingerprint density at radius 3 is 2.34 bits per heavy atom. The van der Waals surface area contributed by atoms with Gasteiger partial charge in [0.25, 0.3) is 0 Å². The zero-order valence-corrected chi connectivity index (χ0v) is 17.9. The number of halogens is 1. The van der Waals surface area contributed by atoms with E-state index >= 15 is 0 Å². The normalized spacial score (nSPS) is 12.9. The molecule has 1 unspecified atom stereocenters. The molecule has 0 amide bonds. The van der Waals surface area contributed by atoms with Crippen molar-refractivity contribution in [2.24, 2.45) is 16.1 Å². The summed E-state index contributed by atoms with van der Waals surface area (Å²) in [4.78, 5) is 0. The van der Waals surface area contributed by atoms with Crippen molar-refractivity contribution in [1.82, 2.24) is 5.32 Å². The van der Waals surface area contributed by atoms with E-state index < -0.39 is 0 Å². The lowest BCUT2D eigenvalue weighted by atomic mass is 9.99. The van der Waals surface area contributed by atoms with E-state index in [0.29, 0.717) is 17.5 Å². The van der Waals surface area contributed by atoms with Crippen LogP contribution in [0.3, 0.4) is 0 Å². The van der Waals surface area contributed by atoms with Crippen LogP contribution in [0.15, 0.2) is 64.8 Å². The Kier molecular flexibility index (Phi) is 7.24. The largest absolute Gasteiger partial charge is 0.506 e. The van der Waals surface area contributed by atoms with Gasteiger partial charge in [-0.25, -0.2) is 0 Å². The van der Waals surface area contributed by atoms with Crippen molar-refractivity contribution in [3.8, 4) is 5.75 Å². The van der Waals surface area contributed by atoms with Crippen LogP contribution in [0.4, 0.5) is 0 Å². The summed E-state index contributed by atoms with van der Waals surface area (Å²) in [5.41, 5.74) is 3.38. The molecule has 3 aromatic rings. The predicted octanol–water partition coefficient (Wildman–Crippen LogP) is 6.66. The van der Waals surface area contributed by atoms with Crippen LogP contribution in [0.2, 0.25) is 5.02 Å². The Morgan fingerprint density at radius 2 is 1.66 bits per heavy atom. The monoisotopic (exact) mass is 409 g/mol. The topological polar surface area (TPSA) is 57.0 Å². The van der Waals surface area contributed by atoms with Gasteiger partial charge >= 0.3 is 0 Å². The van der Waals surface area contributed by atoms with Gasteiger partial charge in [-0.05, 0) is 59.0 Å². The first-order valence-electron chi connectivity index (χ1n) is 10.0. The van der Waals surface area contributed by atoms with Crippen molar-refractivity contribution in [2.45, 2.75) is 39.9 Å². The van der Waals surface area contributed by atoms with Crippen LogP contribution in [0.1, 0.15) is 43.5 Å². The number of nitrogens with one attached hydrogen (secondary N) is 1. The average Bonchev–Trinajstić information content (AvgIpc) is 2.71. The molecule has 0 aromatic heterocycles. The first kappa shape index (κ1) is 21.3. The van der Waals surface area contributed by atoms with Gasteiger partial charge < -0.3 is 10.4 Å². The van der Waals surface area contributed by atoms with Crippen LogP contribution >= 0.6 is 11.6 Å². The number of nitrogens with zero attached hydrogens (tertiary/aromatic N) is 2. The summed E-state index contributed by atoms with van der Waals surface area (Å²) in [5.74, 6) is 0.709. The summed E-state index contributed by atoms with van der Waals surface area (Å²) in [5, 5.41) is 24.8. The third-order valence-corrected chi connectivity index (χ3v) is 5.23. The van der Waals surface area contributed by atoms with Crippen molar-refractivity contribution in [2.75, 3.05) is 6.54 Å². The maximum absolute atomic E-state index is 9.56. The molecule has 0 bridgehead atoms. The molecular formula is C24H28ClN3O. The molecule has 152 valence electrons. The first-order valence-corrected chi connectivity index (χ1v) is 10.4. The van der Waals surface area contributed by atoms with Gasteiger partial charge in [-0.15, -0.1) is 0 Å². The van der Waals surface area contributed by atoms with Crippen molar-refractivity contribution < 1.29 is 5.11 Å². The standard InChI is InChI=1S/C24H28ClN3O/c1-16(2)13-26-14-19-8-9-20(22-7-5-4-6-21(19)22)15-27-28-17(3)18-10-11-24(29)23(25)12-18/h4-12,16-17,26,29H,13-15H2,1-3H3. The van der Waals surface area contributed by atoms with Crippen molar-refractivity contribution in [3.05, 3.63) is 76.3 Å². The van der Waals surface area contributed by atoms with Crippen molar-refractivity contribution in [1.29, 1.82) is 0 Å². The van der Waals surface area contributed by atoms with Crippen LogP contribution in [0.25, 0.3) is 10.8 Å². The fourth-order valence-corrected chi connectivity index (χ4v) is 3.49. The van der Waals surface area contributed by atoms with Gasteiger partial charge in [-0.1, -0.05) is 67.9 Å². The Morgan fingerprint density at radius 1 is 0.966 bits per heavy atom. The van der Waals surface area contributed by atoms with E-state index in [0.717, 1.165) is 24.2 Å². The van der Waals surface area contributed by atoms with Gasteiger partial charge in [0.05, 0.1) is 17.6 Å². The highest BCUT2D eigenvalue weighted by Gasteiger charge is 2.08. The molecule has 0 spiro atoms. The highest BCUT2D eigenvalue weighted by molar-refractivity contribution is 6.32. The predicted molar refractivity (Wildman–Crippen MR) is 121 cm³/mol. The van der Waals surface area contributed by atoms with Crippen LogP contribution in [-0.4, -0.2) is 11.7 Å². The first-order chi connectivity index (χ1) is 14.0. The minimum absolute atomic E-state index is 0.0778. The van der Waals surface area contributed by atoms with E-state index in [-0.39, 0.29) is 11.8 Å². The van der Waals surface area contributed by atoms with Crippen molar-refractivity contribution >= 4 is 22.4 Å². The Labute approximate surface area is 177 Å². The summed E-state index contributed by atoms with van der Waals surface area (Å²) in [7, 11) is 0. The lowest BCUT2D eigenvalue weighted by molar-refractivity contribution is 0.475. The molecule has 0 heterocycles. The van der Waals surface area contributed by atoms with Crippen LogP contribution in [0.5, 0.6) is 5.75 Å². The Bertz CT molecular complexity index is 1000. The quantitative estimate of drug-likeness (QED) is 0.409. The third kappa shape index (κ3) is 5.55. The lowest BCUT2D eigenvalue weighted by Crippen LogP contribution is -2.19. The number of fused-ring (bicyclic) bond motifs is 1. The second-order valence-corrected chi connectivity index (χ2v) is 8.16. The van der Waals surface area contributed by atoms with Gasteiger partial charge in [0.2, 0.25) is 0 Å². The van der Waals surface area contributed by atoms with Gasteiger partial charge in [0.15, 0.2) is 0 Å². The van der Waals surface area contributed by atoms with E-state index in [1.165, 1.54) is 16.3 Å². The summed E-state index contributed by atoms with van der Waals surface area (Å²) in [6.45, 7) is 8.78. The van der Waals surface area contributed by atoms with E-state index in [1.54, 1.807) is 12.1 Å². The van der Waals surface area contributed by atoms with E-state index in [1.807, 2.05) is 13.0 Å². The summed E-state index contributed by atoms with van der Waals surface area (Å²) in [6, 6.07) is 17.8. The fourth-order valence-electron chi connectivity index (χ4n) is 3.30. The number of aromatic hydroxyl groups is 1. The van der Waals surface area contributed by atoms with Crippen LogP contribution < -0.4 is 5.32 Å².